The largest absolute Gasteiger partial charge is 0.396 e. The Morgan fingerprint density at radius 3 is 2.74 bits per heavy atom. The van der Waals surface area contributed by atoms with Crippen LogP contribution in [-0.4, -0.2) is 22.4 Å². The van der Waals surface area contributed by atoms with Crippen molar-refractivity contribution >= 4 is 17.4 Å². The molecule has 19 heavy (non-hydrogen) atoms. The molecule has 0 aliphatic heterocycles. The van der Waals surface area contributed by atoms with E-state index in [2.05, 4.69) is 15.7 Å². The Morgan fingerprint density at radius 2 is 2.11 bits per heavy atom. The number of nitrogens with one attached hydrogen (secondary N) is 2. The lowest BCUT2D eigenvalue weighted by Crippen LogP contribution is -2.31. The van der Waals surface area contributed by atoms with Crippen molar-refractivity contribution in [3.63, 3.8) is 0 Å². The number of hydrogen-bond acceptors (Lipinski definition) is 3. The molecule has 1 heterocycles. The average Bonchev–Trinajstić information content (AvgIpc) is 2.78. The van der Waals surface area contributed by atoms with Crippen LogP contribution < -0.4 is 16.4 Å². The van der Waals surface area contributed by atoms with E-state index >= 15 is 0 Å². The fourth-order valence-corrected chi connectivity index (χ4v) is 1.49. The molecule has 0 aliphatic carbocycles. The van der Waals surface area contributed by atoms with E-state index in [0.717, 1.165) is 0 Å². The SMILES string of the molecule is Nc1cnn(CCNC(=O)Nc2ccc(F)cc2)c1. The van der Waals surface area contributed by atoms with Gasteiger partial charge >= 0.3 is 6.03 Å². The smallest absolute Gasteiger partial charge is 0.319 e. The number of anilines is 2. The summed E-state index contributed by atoms with van der Waals surface area (Å²) in [6, 6.07) is 5.18. The van der Waals surface area contributed by atoms with Gasteiger partial charge in [-0.25, -0.2) is 9.18 Å². The Bertz CT molecular complexity index is 552. The number of nitrogens with two attached hydrogens (primary N) is 1. The van der Waals surface area contributed by atoms with Crippen molar-refractivity contribution in [3.05, 3.63) is 42.5 Å². The minimum absolute atomic E-state index is 0.345. The van der Waals surface area contributed by atoms with Crippen LogP contribution in [0.2, 0.25) is 0 Å². The molecule has 2 amide bonds. The summed E-state index contributed by atoms with van der Waals surface area (Å²) in [5.41, 5.74) is 6.62. The zero-order valence-corrected chi connectivity index (χ0v) is 10.1. The molecular weight excluding hydrogens is 249 g/mol. The highest BCUT2D eigenvalue weighted by Crippen LogP contribution is 2.07. The van der Waals surface area contributed by atoms with Crippen LogP contribution in [-0.2, 0) is 6.54 Å². The maximum Gasteiger partial charge on any atom is 0.319 e. The van der Waals surface area contributed by atoms with E-state index < -0.39 is 0 Å². The van der Waals surface area contributed by atoms with E-state index in [1.165, 1.54) is 24.3 Å². The van der Waals surface area contributed by atoms with Gasteiger partial charge in [-0.15, -0.1) is 0 Å². The Labute approximate surface area is 109 Å². The van der Waals surface area contributed by atoms with Gasteiger partial charge in [-0.05, 0) is 24.3 Å². The van der Waals surface area contributed by atoms with Crippen LogP contribution in [0.4, 0.5) is 20.6 Å². The molecule has 1 aromatic heterocycles. The van der Waals surface area contributed by atoms with Crippen molar-refractivity contribution in [2.75, 3.05) is 17.6 Å². The van der Waals surface area contributed by atoms with Crippen molar-refractivity contribution in [2.45, 2.75) is 6.54 Å². The number of aromatic nitrogens is 2. The monoisotopic (exact) mass is 263 g/mol. The zero-order valence-electron chi connectivity index (χ0n) is 10.1. The van der Waals surface area contributed by atoms with E-state index in [0.29, 0.717) is 24.5 Å². The molecule has 0 unspecified atom stereocenters. The molecule has 0 saturated carbocycles. The number of hydrogen-bond donors (Lipinski definition) is 3. The second-order valence-electron chi connectivity index (χ2n) is 3.92. The molecule has 0 aliphatic rings. The molecule has 0 radical (unpaired) electrons. The van der Waals surface area contributed by atoms with Gasteiger partial charge in [-0.1, -0.05) is 0 Å². The summed E-state index contributed by atoms with van der Waals surface area (Å²) in [7, 11) is 0. The highest BCUT2D eigenvalue weighted by Gasteiger charge is 2.01. The summed E-state index contributed by atoms with van der Waals surface area (Å²) < 4.78 is 14.3. The van der Waals surface area contributed by atoms with Crippen LogP contribution in [0.1, 0.15) is 0 Å². The first kappa shape index (κ1) is 12.9. The number of nitrogens with zero attached hydrogens (tertiary/aromatic N) is 2. The normalized spacial score (nSPS) is 10.2. The van der Waals surface area contributed by atoms with Gasteiger partial charge in [0, 0.05) is 18.4 Å². The summed E-state index contributed by atoms with van der Waals surface area (Å²) in [5, 5.41) is 9.23. The van der Waals surface area contributed by atoms with Gasteiger partial charge in [0.2, 0.25) is 0 Å². The van der Waals surface area contributed by atoms with Gasteiger partial charge < -0.3 is 16.4 Å². The summed E-state index contributed by atoms with van der Waals surface area (Å²) >= 11 is 0. The highest BCUT2D eigenvalue weighted by atomic mass is 19.1. The highest BCUT2D eigenvalue weighted by molar-refractivity contribution is 5.89. The molecule has 1 aromatic carbocycles. The van der Waals surface area contributed by atoms with Gasteiger partial charge in [0.25, 0.3) is 0 Å². The molecule has 0 atom stereocenters. The van der Waals surface area contributed by atoms with Crippen LogP contribution in [0.15, 0.2) is 36.7 Å². The third kappa shape index (κ3) is 3.98. The van der Waals surface area contributed by atoms with Crippen LogP contribution in [0.5, 0.6) is 0 Å². The number of carbonyl (C=O) groups excluding carboxylic acids is 1. The Morgan fingerprint density at radius 1 is 1.37 bits per heavy atom. The third-order valence-electron chi connectivity index (χ3n) is 2.38. The number of carbonyl (C=O) groups is 1. The first-order valence-corrected chi connectivity index (χ1v) is 5.72. The molecular formula is C12H14FN5O. The molecule has 0 bridgehead atoms. The topological polar surface area (TPSA) is 85.0 Å². The average molecular weight is 263 g/mol. The molecule has 0 fully saturated rings. The van der Waals surface area contributed by atoms with E-state index in [4.69, 9.17) is 5.73 Å². The lowest BCUT2D eigenvalue weighted by molar-refractivity contribution is 0.251. The van der Waals surface area contributed by atoms with Crippen LogP contribution in [0, 0.1) is 5.82 Å². The Balaban J connectivity index is 1.74. The lowest BCUT2D eigenvalue weighted by Gasteiger charge is -2.07. The Kier molecular flexibility index (Phi) is 3.97. The number of nitrogen functional groups attached to an aromatic ring is 1. The predicted molar refractivity (Wildman–Crippen MR) is 70.1 cm³/mol. The Hall–Kier alpha value is -2.57. The van der Waals surface area contributed by atoms with Crippen molar-refractivity contribution in [1.82, 2.24) is 15.1 Å². The maximum absolute atomic E-state index is 12.7. The van der Waals surface area contributed by atoms with Crippen molar-refractivity contribution in [3.8, 4) is 0 Å². The predicted octanol–water partition coefficient (Wildman–Crippen LogP) is 1.43. The maximum atomic E-state index is 12.7. The van der Waals surface area contributed by atoms with Crippen molar-refractivity contribution in [1.29, 1.82) is 0 Å². The number of urea groups is 1. The first-order chi connectivity index (χ1) is 9.13. The zero-order chi connectivity index (χ0) is 13.7. The number of halogens is 1. The van der Waals surface area contributed by atoms with E-state index in [1.807, 2.05) is 0 Å². The van der Waals surface area contributed by atoms with Crippen molar-refractivity contribution in [2.24, 2.45) is 0 Å². The second-order valence-corrected chi connectivity index (χ2v) is 3.92. The quantitative estimate of drug-likeness (QED) is 0.780. The fraction of sp³-hybridized carbons (Fsp3) is 0.167. The molecule has 0 spiro atoms. The van der Waals surface area contributed by atoms with Gasteiger partial charge in [0.05, 0.1) is 18.4 Å². The molecule has 6 nitrogen and oxygen atoms in total. The van der Waals surface area contributed by atoms with Crippen LogP contribution in [0.3, 0.4) is 0 Å². The first-order valence-electron chi connectivity index (χ1n) is 5.72. The van der Waals surface area contributed by atoms with E-state index in [9.17, 15) is 9.18 Å². The summed E-state index contributed by atoms with van der Waals surface area (Å²) in [4.78, 5) is 11.5. The molecule has 4 N–H and O–H groups in total. The molecule has 100 valence electrons. The van der Waals surface area contributed by atoms with Gasteiger partial charge in [0.15, 0.2) is 0 Å². The molecule has 0 saturated heterocycles. The van der Waals surface area contributed by atoms with Gasteiger partial charge in [-0.2, -0.15) is 5.10 Å². The molecule has 7 heteroatoms. The van der Waals surface area contributed by atoms with E-state index in [1.54, 1.807) is 17.1 Å². The van der Waals surface area contributed by atoms with Crippen LogP contribution in [0.25, 0.3) is 0 Å². The standard InChI is InChI=1S/C12H14FN5O/c13-9-1-3-11(4-2-9)17-12(19)15-5-6-18-8-10(14)7-16-18/h1-4,7-8H,5-6,14H2,(H2,15,17,19). The second kappa shape index (κ2) is 5.85. The van der Waals surface area contributed by atoms with E-state index in [-0.39, 0.29) is 11.8 Å². The summed E-state index contributed by atoms with van der Waals surface area (Å²) in [6.07, 6.45) is 3.22. The number of rotatable bonds is 4. The molecule has 2 rings (SSSR count). The van der Waals surface area contributed by atoms with Gasteiger partial charge in [-0.3, -0.25) is 4.68 Å². The molecule has 2 aromatic rings. The minimum Gasteiger partial charge on any atom is -0.396 e. The number of benzene rings is 1. The van der Waals surface area contributed by atoms with Gasteiger partial charge in [0.1, 0.15) is 5.82 Å². The summed E-state index contributed by atoms with van der Waals surface area (Å²) in [6.45, 7) is 0.933. The number of amides is 2. The summed E-state index contributed by atoms with van der Waals surface area (Å²) in [5.74, 6) is -0.345. The van der Waals surface area contributed by atoms with Crippen molar-refractivity contribution < 1.29 is 9.18 Å². The fourth-order valence-electron chi connectivity index (χ4n) is 1.49. The minimum atomic E-state index is -0.355. The lowest BCUT2D eigenvalue weighted by atomic mass is 10.3. The van der Waals surface area contributed by atoms with Crippen LogP contribution >= 0.6 is 0 Å². The third-order valence-corrected chi connectivity index (χ3v) is 2.38.